The zero-order valence-electron chi connectivity index (χ0n) is 12.0. The molecule has 0 amide bonds. The summed E-state index contributed by atoms with van der Waals surface area (Å²) in [7, 11) is 0. The van der Waals surface area contributed by atoms with Gasteiger partial charge in [-0.15, -0.1) is 0 Å². The third-order valence-electron chi connectivity index (χ3n) is 5.70. The predicted molar refractivity (Wildman–Crippen MR) is 70.8 cm³/mol. The molecule has 0 aliphatic heterocycles. The summed E-state index contributed by atoms with van der Waals surface area (Å²) in [4.78, 5) is 23.4. The molecule has 4 nitrogen and oxygen atoms in total. The monoisotopic (exact) mass is 268 g/mol. The van der Waals surface area contributed by atoms with E-state index >= 15 is 0 Å². The molecular formula is C15H24O4. The fourth-order valence-corrected chi connectivity index (χ4v) is 4.58. The number of hydrogen-bond donors (Lipinski definition) is 2. The van der Waals surface area contributed by atoms with E-state index in [0.29, 0.717) is 19.3 Å². The smallest absolute Gasteiger partial charge is 0.309 e. The van der Waals surface area contributed by atoms with Crippen LogP contribution in [-0.4, -0.2) is 22.2 Å². The van der Waals surface area contributed by atoms with Crippen LogP contribution in [0.25, 0.3) is 0 Å². The van der Waals surface area contributed by atoms with E-state index in [-0.39, 0.29) is 11.3 Å². The van der Waals surface area contributed by atoms with Crippen LogP contribution < -0.4 is 0 Å². The van der Waals surface area contributed by atoms with Gasteiger partial charge in [0.25, 0.3) is 0 Å². The van der Waals surface area contributed by atoms with E-state index in [1.807, 2.05) is 0 Å². The summed E-state index contributed by atoms with van der Waals surface area (Å²) in [5, 5.41) is 19.2. The number of aliphatic carboxylic acids is 2. The molecule has 108 valence electrons. The Morgan fingerprint density at radius 2 is 1.79 bits per heavy atom. The van der Waals surface area contributed by atoms with Gasteiger partial charge in [0, 0.05) is 0 Å². The molecule has 0 aromatic rings. The van der Waals surface area contributed by atoms with Gasteiger partial charge in [0.15, 0.2) is 0 Å². The quantitative estimate of drug-likeness (QED) is 0.824. The molecule has 0 aromatic heterocycles. The second-order valence-electron chi connectivity index (χ2n) is 7.42. The van der Waals surface area contributed by atoms with E-state index in [2.05, 4.69) is 6.92 Å². The number of rotatable bonds is 3. The largest absolute Gasteiger partial charge is 0.481 e. The highest BCUT2D eigenvalue weighted by Gasteiger charge is 2.60. The van der Waals surface area contributed by atoms with Crippen LogP contribution in [0.15, 0.2) is 0 Å². The molecule has 2 fully saturated rings. The maximum atomic E-state index is 11.9. The van der Waals surface area contributed by atoms with Crippen LogP contribution in [0.4, 0.5) is 0 Å². The minimum Gasteiger partial charge on any atom is -0.481 e. The molecule has 0 heterocycles. The lowest BCUT2D eigenvalue weighted by Crippen LogP contribution is -2.55. The Bertz CT molecular complexity index is 414. The van der Waals surface area contributed by atoms with Gasteiger partial charge in [-0.2, -0.15) is 0 Å². The standard InChI is InChI=1S/C15H24O4/c1-13(2,11(16)17)10-5-8-14(3)6-4-7-15(10,9-14)12(18)19/h10H,4-9H2,1-3H3,(H,16,17)(H,18,19)/t10-,14+,15-/m0/s1. The van der Waals surface area contributed by atoms with E-state index in [1.54, 1.807) is 13.8 Å². The Balaban J connectivity index is 2.44. The van der Waals surface area contributed by atoms with Crippen molar-refractivity contribution in [1.82, 2.24) is 0 Å². The van der Waals surface area contributed by atoms with Crippen molar-refractivity contribution >= 4 is 11.9 Å². The van der Waals surface area contributed by atoms with Crippen molar-refractivity contribution in [3.05, 3.63) is 0 Å². The van der Waals surface area contributed by atoms with E-state index < -0.39 is 22.8 Å². The maximum absolute atomic E-state index is 11.9. The van der Waals surface area contributed by atoms with Gasteiger partial charge < -0.3 is 10.2 Å². The van der Waals surface area contributed by atoms with Crippen molar-refractivity contribution in [2.45, 2.75) is 59.3 Å². The van der Waals surface area contributed by atoms with Crippen molar-refractivity contribution < 1.29 is 19.8 Å². The van der Waals surface area contributed by atoms with Crippen LogP contribution in [0.3, 0.4) is 0 Å². The molecule has 2 saturated carbocycles. The molecule has 0 saturated heterocycles. The summed E-state index contributed by atoms with van der Waals surface area (Å²) >= 11 is 0. The molecule has 4 heteroatoms. The Kier molecular flexibility index (Phi) is 3.19. The van der Waals surface area contributed by atoms with Crippen LogP contribution in [0, 0.1) is 22.2 Å². The molecule has 2 rings (SSSR count). The summed E-state index contributed by atoms with van der Waals surface area (Å²) in [6.45, 7) is 5.53. The summed E-state index contributed by atoms with van der Waals surface area (Å²) in [6.07, 6.45) is 4.89. The van der Waals surface area contributed by atoms with Gasteiger partial charge >= 0.3 is 11.9 Å². The van der Waals surface area contributed by atoms with Gasteiger partial charge in [-0.05, 0) is 57.3 Å². The Hall–Kier alpha value is -1.06. The Labute approximate surface area is 114 Å². The van der Waals surface area contributed by atoms with Gasteiger partial charge in [0.05, 0.1) is 10.8 Å². The number of carboxylic acids is 2. The number of hydrogen-bond acceptors (Lipinski definition) is 2. The summed E-state index contributed by atoms with van der Waals surface area (Å²) in [5.41, 5.74) is -1.73. The van der Waals surface area contributed by atoms with E-state index in [9.17, 15) is 19.8 Å². The molecular weight excluding hydrogens is 244 g/mol. The molecule has 2 aliphatic rings. The molecule has 2 aliphatic carbocycles. The van der Waals surface area contributed by atoms with Crippen LogP contribution in [0.5, 0.6) is 0 Å². The summed E-state index contributed by atoms with van der Waals surface area (Å²) < 4.78 is 0. The topological polar surface area (TPSA) is 74.6 Å². The minimum atomic E-state index is -0.975. The molecule has 0 radical (unpaired) electrons. The van der Waals surface area contributed by atoms with Crippen molar-refractivity contribution in [1.29, 1.82) is 0 Å². The first kappa shape index (κ1) is 14.4. The minimum absolute atomic E-state index is 0.0850. The average molecular weight is 268 g/mol. The van der Waals surface area contributed by atoms with Gasteiger partial charge in [-0.1, -0.05) is 13.3 Å². The van der Waals surface area contributed by atoms with E-state index in [0.717, 1.165) is 19.3 Å². The SMILES string of the molecule is CC(C)(C(=O)O)[C@@H]1CC[C@@]2(C)CCC[C@]1(C(=O)O)C2. The van der Waals surface area contributed by atoms with Crippen LogP contribution in [-0.2, 0) is 9.59 Å². The van der Waals surface area contributed by atoms with E-state index in [4.69, 9.17) is 0 Å². The lowest BCUT2D eigenvalue weighted by molar-refractivity contribution is -0.179. The number of carboxylic acid groups (broad SMARTS) is 2. The molecule has 0 unspecified atom stereocenters. The van der Waals surface area contributed by atoms with Gasteiger partial charge in [0.1, 0.15) is 0 Å². The first-order valence-corrected chi connectivity index (χ1v) is 7.11. The summed E-state index contributed by atoms with van der Waals surface area (Å²) in [6, 6.07) is 0. The van der Waals surface area contributed by atoms with Crippen LogP contribution >= 0.6 is 0 Å². The third-order valence-corrected chi connectivity index (χ3v) is 5.70. The fraction of sp³-hybridized carbons (Fsp3) is 0.867. The fourth-order valence-electron chi connectivity index (χ4n) is 4.58. The Morgan fingerprint density at radius 3 is 2.32 bits per heavy atom. The summed E-state index contributed by atoms with van der Waals surface area (Å²) in [5.74, 6) is -1.95. The number of fused-ring (bicyclic) bond motifs is 2. The predicted octanol–water partition coefficient (Wildman–Crippen LogP) is 3.16. The van der Waals surface area contributed by atoms with Crippen LogP contribution in [0.2, 0.25) is 0 Å². The van der Waals surface area contributed by atoms with Crippen molar-refractivity contribution in [3.63, 3.8) is 0 Å². The Morgan fingerprint density at radius 1 is 1.16 bits per heavy atom. The van der Waals surface area contributed by atoms with Gasteiger partial charge in [-0.25, -0.2) is 0 Å². The van der Waals surface area contributed by atoms with Crippen LogP contribution in [0.1, 0.15) is 59.3 Å². The highest BCUT2D eigenvalue weighted by Crippen LogP contribution is 2.62. The first-order valence-electron chi connectivity index (χ1n) is 7.11. The average Bonchev–Trinajstić information content (AvgIpc) is 2.27. The van der Waals surface area contributed by atoms with Crippen molar-refractivity contribution in [2.24, 2.45) is 22.2 Å². The first-order chi connectivity index (χ1) is 8.64. The molecule has 3 atom stereocenters. The highest BCUT2D eigenvalue weighted by atomic mass is 16.4. The third kappa shape index (κ3) is 2.05. The zero-order valence-corrected chi connectivity index (χ0v) is 12.0. The maximum Gasteiger partial charge on any atom is 0.309 e. The molecule has 0 aromatic carbocycles. The second-order valence-corrected chi connectivity index (χ2v) is 7.42. The zero-order chi connectivity index (χ0) is 14.5. The molecule has 19 heavy (non-hydrogen) atoms. The van der Waals surface area contributed by atoms with Crippen molar-refractivity contribution in [2.75, 3.05) is 0 Å². The molecule has 2 N–H and O–H groups in total. The second kappa shape index (κ2) is 4.22. The van der Waals surface area contributed by atoms with Gasteiger partial charge in [0.2, 0.25) is 0 Å². The normalized spacial score (nSPS) is 38.8. The lowest BCUT2D eigenvalue weighted by atomic mass is 9.47. The van der Waals surface area contributed by atoms with Gasteiger partial charge in [-0.3, -0.25) is 9.59 Å². The molecule has 2 bridgehead atoms. The molecule has 0 spiro atoms. The van der Waals surface area contributed by atoms with Crippen molar-refractivity contribution in [3.8, 4) is 0 Å². The van der Waals surface area contributed by atoms with E-state index in [1.165, 1.54) is 0 Å². The lowest BCUT2D eigenvalue weighted by Gasteiger charge is -2.56. The number of carbonyl (C=O) groups is 2. The highest BCUT2D eigenvalue weighted by molar-refractivity contribution is 5.80.